The fourth-order valence-electron chi connectivity index (χ4n) is 12.0. The summed E-state index contributed by atoms with van der Waals surface area (Å²) in [7, 11) is 0. The predicted molar refractivity (Wildman–Crippen MR) is 272 cm³/mol. The van der Waals surface area contributed by atoms with Crippen molar-refractivity contribution in [2.24, 2.45) is 0 Å². The van der Waals surface area contributed by atoms with Crippen LogP contribution in [0.5, 0.6) is 0 Å². The second-order valence-corrected chi connectivity index (χ2v) is 18.4. The molecule has 0 bridgehead atoms. The van der Waals surface area contributed by atoms with E-state index in [0.717, 1.165) is 39.1 Å². The van der Waals surface area contributed by atoms with Crippen molar-refractivity contribution in [3.05, 3.63) is 205 Å². The number of benzene rings is 10. The zero-order valence-corrected chi connectivity index (χ0v) is 35.8. The maximum absolute atomic E-state index is 5.63. The molecule has 0 spiro atoms. The van der Waals surface area contributed by atoms with Crippen molar-refractivity contribution in [1.29, 1.82) is 0 Å². The molecule has 0 amide bonds. The van der Waals surface area contributed by atoms with Crippen molar-refractivity contribution in [3.63, 3.8) is 0 Å². The Morgan fingerprint density at radius 1 is 0.369 bits per heavy atom. The van der Waals surface area contributed by atoms with Crippen LogP contribution in [-0.4, -0.2) is 19.1 Å². The highest BCUT2D eigenvalue weighted by atomic mass is 15.1. The Morgan fingerprint density at radius 2 is 0.892 bits per heavy atom. The molecule has 0 fully saturated rings. The summed E-state index contributed by atoms with van der Waals surface area (Å²) in [5.74, 6) is 0.825. The van der Waals surface area contributed by atoms with Gasteiger partial charge >= 0.3 is 0 Å². The number of aromatic nitrogens is 4. The van der Waals surface area contributed by atoms with Gasteiger partial charge < -0.3 is 4.57 Å². The second kappa shape index (κ2) is 12.4. The van der Waals surface area contributed by atoms with Gasteiger partial charge in [-0.15, -0.1) is 0 Å². The third kappa shape index (κ3) is 4.50. The smallest absolute Gasteiger partial charge is 0.165 e. The molecule has 15 rings (SSSR count). The Kier molecular flexibility index (Phi) is 6.72. The highest BCUT2D eigenvalue weighted by Crippen LogP contribution is 2.52. The van der Waals surface area contributed by atoms with E-state index in [9.17, 15) is 0 Å². The minimum absolute atomic E-state index is 0.162. The number of hydrogen-bond donors (Lipinski definition) is 0. The number of fused-ring (bicyclic) bond motifs is 10. The predicted octanol–water partition coefficient (Wildman–Crippen LogP) is 15.8. The molecule has 0 atom stereocenters. The van der Waals surface area contributed by atoms with Gasteiger partial charge in [0.2, 0.25) is 0 Å². The Hall–Kier alpha value is -8.34. The highest BCUT2D eigenvalue weighted by molar-refractivity contribution is 6.39. The molecule has 11 aromatic carbocycles. The summed E-state index contributed by atoms with van der Waals surface area (Å²) in [5.41, 5.74) is 14.5. The molecule has 4 nitrogen and oxygen atoms in total. The van der Waals surface area contributed by atoms with Crippen LogP contribution in [0.3, 0.4) is 0 Å². The summed E-state index contributed by atoms with van der Waals surface area (Å²) in [4.78, 5) is 11.2. The van der Waals surface area contributed by atoms with Gasteiger partial charge in [-0.3, -0.25) is 4.57 Å². The Balaban J connectivity index is 1.12. The van der Waals surface area contributed by atoms with Gasteiger partial charge in [0, 0.05) is 37.9 Å². The number of hydrogen-bond acceptors (Lipinski definition) is 2. The van der Waals surface area contributed by atoms with Crippen LogP contribution in [0.4, 0.5) is 0 Å². The first-order valence-electron chi connectivity index (χ1n) is 22.6. The molecule has 0 saturated carbocycles. The average molecular weight is 827 g/mol. The fourth-order valence-corrected chi connectivity index (χ4v) is 12.0. The zero-order valence-electron chi connectivity index (χ0n) is 35.8. The quantitative estimate of drug-likeness (QED) is 0.166. The van der Waals surface area contributed by atoms with Crippen LogP contribution in [0.15, 0.2) is 194 Å². The molecule has 0 radical (unpaired) electrons. The van der Waals surface area contributed by atoms with E-state index in [4.69, 9.17) is 9.97 Å². The Bertz CT molecular complexity index is 4390. The molecule has 4 heteroatoms. The Labute approximate surface area is 373 Å². The summed E-state index contributed by atoms with van der Waals surface area (Å²) in [5, 5.41) is 14.9. The van der Waals surface area contributed by atoms with Crippen LogP contribution in [-0.2, 0) is 5.41 Å². The van der Waals surface area contributed by atoms with Crippen molar-refractivity contribution >= 4 is 97.7 Å². The van der Waals surface area contributed by atoms with E-state index in [1.165, 1.54) is 104 Å². The monoisotopic (exact) mass is 826 g/mol. The number of para-hydroxylation sites is 2. The average Bonchev–Trinajstić information content (AvgIpc) is 3.95. The first-order chi connectivity index (χ1) is 32.0. The van der Waals surface area contributed by atoms with E-state index in [0.29, 0.717) is 0 Å². The van der Waals surface area contributed by atoms with Crippen LogP contribution >= 0.6 is 0 Å². The molecule has 1 aliphatic rings. The van der Waals surface area contributed by atoms with Crippen molar-refractivity contribution in [3.8, 4) is 33.9 Å². The van der Waals surface area contributed by atoms with Gasteiger partial charge in [0.25, 0.3) is 0 Å². The van der Waals surface area contributed by atoms with E-state index >= 15 is 0 Å². The maximum Gasteiger partial charge on any atom is 0.165 e. The third-order valence-corrected chi connectivity index (χ3v) is 14.8. The molecule has 0 unspecified atom stereocenters. The molecule has 1 aliphatic carbocycles. The number of rotatable bonds is 3. The minimum atomic E-state index is -0.162. The van der Waals surface area contributed by atoms with Crippen LogP contribution in [0.2, 0.25) is 0 Å². The molecule has 0 N–H and O–H groups in total. The van der Waals surface area contributed by atoms with Crippen LogP contribution in [0.25, 0.3) is 132 Å². The van der Waals surface area contributed by atoms with E-state index in [1.807, 2.05) is 0 Å². The molecule has 14 aromatic rings. The summed E-state index contributed by atoms with van der Waals surface area (Å²) in [6.45, 7) is 4.69. The van der Waals surface area contributed by atoms with Crippen LogP contribution in [0, 0.1) is 0 Å². The summed E-state index contributed by atoms with van der Waals surface area (Å²) >= 11 is 0. The fraction of sp³-hybridized carbons (Fsp3) is 0.0492. The summed E-state index contributed by atoms with van der Waals surface area (Å²) in [6.07, 6.45) is 0. The van der Waals surface area contributed by atoms with Crippen molar-refractivity contribution < 1.29 is 0 Å². The lowest BCUT2D eigenvalue weighted by molar-refractivity contribution is 0.660. The molecule has 3 heterocycles. The zero-order chi connectivity index (χ0) is 42.7. The van der Waals surface area contributed by atoms with Crippen molar-refractivity contribution in [2.75, 3.05) is 0 Å². The lowest BCUT2D eigenvalue weighted by Gasteiger charge is -2.22. The maximum atomic E-state index is 5.63. The van der Waals surface area contributed by atoms with Gasteiger partial charge in [0.15, 0.2) is 5.82 Å². The highest BCUT2D eigenvalue weighted by Gasteiger charge is 2.36. The van der Waals surface area contributed by atoms with Gasteiger partial charge in [-0.25, -0.2) is 9.97 Å². The molecule has 0 aliphatic heterocycles. The van der Waals surface area contributed by atoms with E-state index in [-0.39, 0.29) is 5.41 Å². The SMILES string of the molecule is CC1(C)c2ccccc2-c2ccc(-c3nc4ccccc4nc3-n3c4cccc5c6ccccc6c6cccc7c6c6c(c54)c3ccc6n7-c3cc4ccccc4c4ccccc34)cc21. The summed E-state index contributed by atoms with van der Waals surface area (Å²) < 4.78 is 4.95. The minimum Gasteiger partial charge on any atom is -0.309 e. The topological polar surface area (TPSA) is 35.6 Å². The van der Waals surface area contributed by atoms with Crippen molar-refractivity contribution in [2.45, 2.75) is 19.3 Å². The molecular formula is C61H38N4. The lowest BCUT2D eigenvalue weighted by atomic mass is 9.82. The van der Waals surface area contributed by atoms with Crippen LogP contribution < -0.4 is 0 Å². The van der Waals surface area contributed by atoms with E-state index in [1.54, 1.807) is 0 Å². The Morgan fingerprint density at radius 3 is 1.62 bits per heavy atom. The second-order valence-electron chi connectivity index (χ2n) is 18.4. The molecular weight excluding hydrogens is 789 g/mol. The largest absolute Gasteiger partial charge is 0.309 e. The standard InChI is InChI=1S/C61H38N4/c1-61(2)46-24-10-9-20-41(46)42-30-29-36(33-47(42)61)59-60(63-49-26-12-11-25-48(49)62-59)65-51-28-14-23-45-40-19-6-5-18-39(40)44-22-13-27-50-55(44)57-52(31-32-53(65)58(57)56(45)51)64(50)54-34-35-15-3-4-16-37(35)38-17-7-8-21-43(38)54/h3-34H,1-2H3. The molecule has 65 heavy (non-hydrogen) atoms. The summed E-state index contributed by atoms with van der Waals surface area (Å²) in [6, 6.07) is 71.6. The van der Waals surface area contributed by atoms with Gasteiger partial charge in [0.1, 0.15) is 5.69 Å². The van der Waals surface area contributed by atoms with E-state index in [2.05, 4.69) is 217 Å². The van der Waals surface area contributed by atoms with Crippen molar-refractivity contribution in [1.82, 2.24) is 19.1 Å². The third-order valence-electron chi connectivity index (χ3n) is 14.8. The van der Waals surface area contributed by atoms with Gasteiger partial charge in [-0.2, -0.15) is 0 Å². The lowest BCUT2D eigenvalue weighted by Crippen LogP contribution is -2.15. The number of nitrogens with zero attached hydrogens (tertiary/aromatic N) is 4. The van der Waals surface area contributed by atoms with Gasteiger partial charge in [0.05, 0.1) is 38.8 Å². The molecule has 3 aromatic heterocycles. The van der Waals surface area contributed by atoms with Crippen LogP contribution in [0.1, 0.15) is 25.0 Å². The first-order valence-corrected chi connectivity index (χ1v) is 22.6. The normalized spacial score (nSPS) is 13.5. The van der Waals surface area contributed by atoms with E-state index < -0.39 is 0 Å². The van der Waals surface area contributed by atoms with Gasteiger partial charge in [-0.1, -0.05) is 159 Å². The van der Waals surface area contributed by atoms with Gasteiger partial charge in [-0.05, 0) is 108 Å². The first kappa shape index (κ1) is 35.2. The molecule has 302 valence electrons. The molecule has 0 saturated heterocycles.